The Morgan fingerprint density at radius 2 is 2.28 bits per heavy atom. The first kappa shape index (κ1) is 13.2. The number of hydrogen-bond acceptors (Lipinski definition) is 7. The van der Waals surface area contributed by atoms with Crippen LogP contribution in [-0.2, 0) is 0 Å². The Labute approximate surface area is 111 Å². The van der Waals surface area contributed by atoms with E-state index < -0.39 is 0 Å². The van der Waals surface area contributed by atoms with Crippen molar-refractivity contribution in [3.8, 4) is 5.75 Å². The highest BCUT2D eigenvalue weighted by molar-refractivity contribution is 8.00. The second kappa shape index (κ2) is 5.62. The summed E-state index contributed by atoms with van der Waals surface area (Å²) in [5.41, 5.74) is 2.50. The molecular formula is C11H19N5OS. The van der Waals surface area contributed by atoms with Gasteiger partial charge in [-0.1, -0.05) is 0 Å². The molecule has 7 heteroatoms. The number of rotatable bonds is 5. The standard InChI is InChI=1S/C11H19N5OS/c1-11(4-3-5-18-11)6-13-9-8(17-2)10(16-12)15-7-14-9/h7H,3-6,12H2,1-2H3,(H2,13,14,15,16). The third-order valence-corrected chi connectivity index (χ3v) is 4.61. The van der Waals surface area contributed by atoms with Gasteiger partial charge in [0.05, 0.1) is 7.11 Å². The number of hydrazine groups is 1. The highest BCUT2D eigenvalue weighted by Crippen LogP contribution is 2.38. The Morgan fingerprint density at radius 3 is 2.89 bits per heavy atom. The van der Waals surface area contributed by atoms with Gasteiger partial charge in [0.25, 0.3) is 0 Å². The van der Waals surface area contributed by atoms with Crippen molar-refractivity contribution >= 4 is 23.4 Å². The van der Waals surface area contributed by atoms with Crippen LogP contribution < -0.4 is 21.3 Å². The summed E-state index contributed by atoms with van der Waals surface area (Å²) in [6.07, 6.45) is 3.96. The lowest BCUT2D eigenvalue weighted by Gasteiger charge is -2.23. The molecule has 6 nitrogen and oxygen atoms in total. The highest BCUT2D eigenvalue weighted by Gasteiger charge is 2.29. The van der Waals surface area contributed by atoms with Crippen LogP contribution in [0.5, 0.6) is 5.75 Å². The van der Waals surface area contributed by atoms with Crippen molar-refractivity contribution in [3.05, 3.63) is 6.33 Å². The van der Waals surface area contributed by atoms with E-state index in [-0.39, 0.29) is 4.75 Å². The van der Waals surface area contributed by atoms with Gasteiger partial charge in [0.1, 0.15) is 6.33 Å². The molecule has 18 heavy (non-hydrogen) atoms. The minimum absolute atomic E-state index is 0.270. The van der Waals surface area contributed by atoms with E-state index in [4.69, 9.17) is 10.6 Å². The second-order valence-electron chi connectivity index (χ2n) is 4.50. The van der Waals surface area contributed by atoms with E-state index >= 15 is 0 Å². The van der Waals surface area contributed by atoms with Gasteiger partial charge in [-0.25, -0.2) is 15.8 Å². The van der Waals surface area contributed by atoms with Gasteiger partial charge in [0, 0.05) is 11.3 Å². The maximum absolute atomic E-state index is 5.39. The minimum atomic E-state index is 0.270. The first-order valence-electron chi connectivity index (χ1n) is 5.92. The Balaban J connectivity index is 2.09. The molecule has 0 radical (unpaired) electrons. The van der Waals surface area contributed by atoms with Crippen LogP contribution in [-0.4, -0.2) is 34.1 Å². The number of methoxy groups -OCH3 is 1. The molecule has 0 amide bonds. The summed E-state index contributed by atoms with van der Waals surface area (Å²) < 4.78 is 5.55. The fourth-order valence-electron chi connectivity index (χ4n) is 2.04. The van der Waals surface area contributed by atoms with Crippen LogP contribution in [0.4, 0.5) is 11.6 Å². The molecule has 1 aromatic heterocycles. The van der Waals surface area contributed by atoms with Gasteiger partial charge in [-0.3, -0.25) is 0 Å². The summed E-state index contributed by atoms with van der Waals surface area (Å²) in [6, 6.07) is 0. The van der Waals surface area contributed by atoms with E-state index in [0.717, 1.165) is 6.54 Å². The average molecular weight is 269 g/mol. The molecule has 0 spiro atoms. The summed E-state index contributed by atoms with van der Waals surface area (Å²) in [7, 11) is 1.58. The molecule has 1 aromatic rings. The number of nitrogens with two attached hydrogens (primary N) is 1. The van der Waals surface area contributed by atoms with Gasteiger partial charge in [-0.2, -0.15) is 11.8 Å². The van der Waals surface area contributed by atoms with Crippen molar-refractivity contribution in [2.45, 2.75) is 24.5 Å². The predicted molar refractivity (Wildman–Crippen MR) is 75.0 cm³/mol. The van der Waals surface area contributed by atoms with Crippen molar-refractivity contribution in [3.63, 3.8) is 0 Å². The predicted octanol–water partition coefficient (Wildman–Crippen LogP) is 1.47. The Bertz CT molecular complexity index is 408. The van der Waals surface area contributed by atoms with Gasteiger partial charge in [0.15, 0.2) is 11.6 Å². The molecule has 1 aliphatic heterocycles. The van der Waals surface area contributed by atoms with Crippen LogP contribution in [0.2, 0.25) is 0 Å². The van der Waals surface area contributed by atoms with Crippen molar-refractivity contribution in [2.24, 2.45) is 5.84 Å². The Morgan fingerprint density at radius 1 is 1.50 bits per heavy atom. The van der Waals surface area contributed by atoms with Crippen LogP contribution in [0.3, 0.4) is 0 Å². The third kappa shape index (κ3) is 2.78. The summed E-state index contributed by atoms with van der Waals surface area (Å²) in [4.78, 5) is 8.21. The van der Waals surface area contributed by atoms with Gasteiger partial charge >= 0.3 is 0 Å². The number of thioether (sulfide) groups is 1. The minimum Gasteiger partial charge on any atom is -0.490 e. The van der Waals surface area contributed by atoms with E-state index in [9.17, 15) is 0 Å². The summed E-state index contributed by atoms with van der Waals surface area (Å²) >= 11 is 2.00. The zero-order valence-corrected chi connectivity index (χ0v) is 11.5. The number of nitrogen functional groups attached to an aromatic ring is 1. The smallest absolute Gasteiger partial charge is 0.205 e. The van der Waals surface area contributed by atoms with Crippen molar-refractivity contribution < 1.29 is 4.74 Å². The van der Waals surface area contributed by atoms with Crippen molar-refractivity contribution in [2.75, 3.05) is 30.1 Å². The van der Waals surface area contributed by atoms with Gasteiger partial charge in [-0.05, 0) is 25.5 Å². The zero-order valence-electron chi connectivity index (χ0n) is 10.7. The largest absolute Gasteiger partial charge is 0.490 e. The zero-order chi connectivity index (χ0) is 13.0. The Kier molecular flexibility index (Phi) is 4.13. The normalized spacial score (nSPS) is 22.8. The molecule has 100 valence electrons. The molecule has 2 rings (SSSR count). The fourth-order valence-corrected chi connectivity index (χ4v) is 3.29. The van der Waals surface area contributed by atoms with Crippen LogP contribution >= 0.6 is 11.8 Å². The van der Waals surface area contributed by atoms with Crippen LogP contribution in [0.25, 0.3) is 0 Å². The number of nitrogens with one attached hydrogen (secondary N) is 2. The quantitative estimate of drug-likeness (QED) is 0.551. The molecule has 1 atom stereocenters. The molecule has 0 saturated carbocycles. The molecule has 1 aliphatic rings. The molecule has 0 aliphatic carbocycles. The maximum atomic E-state index is 5.39. The van der Waals surface area contributed by atoms with Gasteiger partial charge in [-0.15, -0.1) is 0 Å². The number of hydrogen-bond donors (Lipinski definition) is 3. The molecule has 0 bridgehead atoms. The van der Waals surface area contributed by atoms with Crippen LogP contribution in [0.15, 0.2) is 6.33 Å². The lowest BCUT2D eigenvalue weighted by molar-refractivity contribution is 0.414. The third-order valence-electron chi connectivity index (χ3n) is 3.07. The molecular weight excluding hydrogens is 250 g/mol. The van der Waals surface area contributed by atoms with Crippen LogP contribution in [0.1, 0.15) is 19.8 Å². The van der Waals surface area contributed by atoms with E-state index in [0.29, 0.717) is 17.4 Å². The van der Waals surface area contributed by atoms with Crippen LogP contribution in [0, 0.1) is 0 Å². The number of anilines is 2. The average Bonchev–Trinajstić information content (AvgIpc) is 2.83. The summed E-state index contributed by atoms with van der Waals surface area (Å²) in [5.74, 6) is 8.33. The second-order valence-corrected chi connectivity index (χ2v) is 6.19. The van der Waals surface area contributed by atoms with Crippen molar-refractivity contribution in [1.29, 1.82) is 0 Å². The summed E-state index contributed by atoms with van der Waals surface area (Å²) in [6.45, 7) is 3.13. The van der Waals surface area contributed by atoms with Gasteiger partial charge in [0.2, 0.25) is 5.75 Å². The fraction of sp³-hybridized carbons (Fsp3) is 0.636. The molecule has 1 unspecified atom stereocenters. The van der Waals surface area contributed by atoms with E-state index in [1.807, 2.05) is 11.8 Å². The van der Waals surface area contributed by atoms with E-state index in [1.54, 1.807) is 7.11 Å². The first-order valence-corrected chi connectivity index (χ1v) is 6.90. The number of ether oxygens (including phenoxy) is 1. The molecule has 0 aromatic carbocycles. The SMILES string of the molecule is COc1c(NN)ncnc1NCC1(C)CCCS1. The number of nitrogens with zero attached hydrogens (tertiary/aromatic N) is 2. The topological polar surface area (TPSA) is 85.1 Å². The molecule has 1 saturated heterocycles. The van der Waals surface area contributed by atoms with Gasteiger partial charge < -0.3 is 15.5 Å². The Hall–Kier alpha value is -1.21. The van der Waals surface area contributed by atoms with Crippen molar-refractivity contribution in [1.82, 2.24) is 9.97 Å². The monoisotopic (exact) mass is 269 g/mol. The lowest BCUT2D eigenvalue weighted by Crippen LogP contribution is -2.27. The van der Waals surface area contributed by atoms with E-state index in [1.165, 1.54) is 24.9 Å². The lowest BCUT2D eigenvalue weighted by atomic mass is 10.1. The highest BCUT2D eigenvalue weighted by atomic mass is 32.2. The first-order chi connectivity index (χ1) is 8.68. The van der Waals surface area contributed by atoms with E-state index in [2.05, 4.69) is 27.6 Å². The molecule has 4 N–H and O–H groups in total. The summed E-state index contributed by atoms with van der Waals surface area (Å²) in [5, 5.41) is 3.33. The maximum Gasteiger partial charge on any atom is 0.205 e. The molecule has 2 heterocycles. The number of aromatic nitrogens is 2. The molecule has 1 fully saturated rings.